The lowest BCUT2D eigenvalue weighted by molar-refractivity contribution is 0.0726. The Hall–Kier alpha value is -1.69. The van der Waals surface area contributed by atoms with Gasteiger partial charge in [-0.2, -0.15) is 0 Å². The molecule has 2 heterocycles. The van der Waals surface area contributed by atoms with Crippen molar-refractivity contribution >= 4 is 6.09 Å². The first-order valence-corrected chi connectivity index (χ1v) is 6.88. The molecule has 6 heteroatoms. The highest BCUT2D eigenvalue weighted by atomic mass is 19.1. The van der Waals surface area contributed by atoms with Crippen LogP contribution in [0.5, 0.6) is 0 Å². The Bertz CT molecular complexity index is 408. The van der Waals surface area contributed by atoms with Crippen molar-refractivity contribution < 1.29 is 13.9 Å². The zero-order chi connectivity index (χ0) is 14.2. The fraction of sp³-hybridized carbons (Fsp3) is 0.571. The van der Waals surface area contributed by atoms with E-state index >= 15 is 0 Å². The molecule has 0 aromatic carbocycles. The number of amides is 1. The second-order valence-electron chi connectivity index (χ2n) is 4.74. The molecule has 1 aromatic rings. The van der Waals surface area contributed by atoms with Crippen molar-refractivity contribution in [1.82, 2.24) is 14.8 Å². The third-order valence-corrected chi connectivity index (χ3v) is 3.40. The highest BCUT2D eigenvalue weighted by Gasteiger charge is 2.21. The second kappa shape index (κ2) is 7.79. The number of aromatic nitrogens is 1. The predicted octanol–water partition coefficient (Wildman–Crippen LogP) is 1.35. The van der Waals surface area contributed by atoms with Crippen LogP contribution in [0.2, 0.25) is 0 Å². The van der Waals surface area contributed by atoms with E-state index in [1.165, 1.54) is 5.56 Å². The first-order valence-electron chi connectivity index (χ1n) is 6.88. The summed E-state index contributed by atoms with van der Waals surface area (Å²) in [5.74, 6) is 0. The molecular weight excluding hydrogens is 261 g/mol. The molecule has 1 saturated heterocycles. The Labute approximate surface area is 118 Å². The van der Waals surface area contributed by atoms with Crippen LogP contribution in [0, 0.1) is 0 Å². The first-order chi connectivity index (χ1) is 9.79. The van der Waals surface area contributed by atoms with Gasteiger partial charge in [0.25, 0.3) is 0 Å². The Morgan fingerprint density at radius 2 is 1.95 bits per heavy atom. The van der Waals surface area contributed by atoms with Crippen LogP contribution in [-0.4, -0.2) is 66.9 Å². The molecule has 0 N–H and O–H groups in total. The lowest BCUT2D eigenvalue weighted by Gasteiger charge is -2.34. The highest BCUT2D eigenvalue weighted by Crippen LogP contribution is 2.06. The Morgan fingerprint density at radius 3 is 2.60 bits per heavy atom. The molecule has 2 rings (SSSR count). The normalized spacial score (nSPS) is 16.1. The summed E-state index contributed by atoms with van der Waals surface area (Å²) in [6.45, 7) is 3.13. The largest absolute Gasteiger partial charge is 0.447 e. The Morgan fingerprint density at radius 1 is 1.25 bits per heavy atom. The fourth-order valence-corrected chi connectivity index (χ4v) is 2.21. The third-order valence-electron chi connectivity index (χ3n) is 3.40. The molecule has 1 aliphatic heterocycles. The molecule has 20 heavy (non-hydrogen) atoms. The number of ether oxygens (including phenoxy) is 1. The molecule has 0 spiro atoms. The summed E-state index contributed by atoms with van der Waals surface area (Å²) in [6, 6.07) is 4.04. The molecule has 0 aliphatic carbocycles. The number of carbonyl (C=O) groups excluding carboxylic acids is 1. The van der Waals surface area contributed by atoms with E-state index in [1.807, 2.05) is 12.1 Å². The molecule has 1 amide bonds. The summed E-state index contributed by atoms with van der Waals surface area (Å²) in [6.07, 6.45) is 4.17. The van der Waals surface area contributed by atoms with E-state index in [0.717, 1.165) is 26.1 Å². The van der Waals surface area contributed by atoms with Gasteiger partial charge in [-0.05, 0) is 24.1 Å². The zero-order valence-electron chi connectivity index (χ0n) is 11.5. The van der Waals surface area contributed by atoms with Crippen molar-refractivity contribution in [3.8, 4) is 0 Å². The highest BCUT2D eigenvalue weighted by molar-refractivity contribution is 5.67. The summed E-state index contributed by atoms with van der Waals surface area (Å²) in [5, 5.41) is 0. The number of nitrogens with zero attached hydrogens (tertiary/aromatic N) is 3. The van der Waals surface area contributed by atoms with Gasteiger partial charge in [0.2, 0.25) is 0 Å². The molecule has 110 valence electrons. The van der Waals surface area contributed by atoms with Gasteiger partial charge >= 0.3 is 6.09 Å². The minimum absolute atomic E-state index is 0.152. The van der Waals surface area contributed by atoms with Crippen LogP contribution in [0.25, 0.3) is 0 Å². The SMILES string of the molecule is O=C(OCCF)N1CCN(CCc2ccncc2)CC1. The average molecular weight is 281 g/mol. The summed E-state index contributed by atoms with van der Waals surface area (Å²) >= 11 is 0. The van der Waals surface area contributed by atoms with E-state index in [2.05, 4.69) is 9.88 Å². The van der Waals surface area contributed by atoms with Crippen molar-refractivity contribution in [2.45, 2.75) is 6.42 Å². The zero-order valence-corrected chi connectivity index (χ0v) is 11.5. The van der Waals surface area contributed by atoms with Gasteiger partial charge in [-0.15, -0.1) is 0 Å². The Kier molecular flexibility index (Phi) is 5.73. The topological polar surface area (TPSA) is 45.7 Å². The molecule has 0 saturated carbocycles. The van der Waals surface area contributed by atoms with E-state index in [-0.39, 0.29) is 6.61 Å². The number of hydrogen-bond acceptors (Lipinski definition) is 4. The maximum atomic E-state index is 11.9. The van der Waals surface area contributed by atoms with Crippen molar-refractivity contribution in [2.75, 3.05) is 46.0 Å². The molecule has 1 aliphatic rings. The van der Waals surface area contributed by atoms with Crippen molar-refractivity contribution in [2.24, 2.45) is 0 Å². The lowest BCUT2D eigenvalue weighted by atomic mass is 10.2. The number of halogens is 1. The number of carbonyl (C=O) groups is 1. The van der Waals surface area contributed by atoms with Gasteiger partial charge in [0.05, 0.1) is 0 Å². The maximum absolute atomic E-state index is 11.9. The van der Waals surface area contributed by atoms with Crippen LogP contribution in [-0.2, 0) is 11.2 Å². The smallest absolute Gasteiger partial charge is 0.409 e. The monoisotopic (exact) mass is 281 g/mol. The maximum Gasteiger partial charge on any atom is 0.409 e. The quantitative estimate of drug-likeness (QED) is 0.817. The van der Waals surface area contributed by atoms with E-state index in [1.54, 1.807) is 17.3 Å². The average Bonchev–Trinajstić information content (AvgIpc) is 2.52. The molecule has 0 unspecified atom stereocenters. The second-order valence-corrected chi connectivity index (χ2v) is 4.74. The minimum Gasteiger partial charge on any atom is -0.447 e. The minimum atomic E-state index is -0.627. The molecular formula is C14H20FN3O2. The standard InChI is InChI=1S/C14H20FN3O2/c15-4-12-20-14(19)18-10-8-17(9-11-18)7-3-13-1-5-16-6-2-13/h1-2,5-6H,3-4,7-12H2. The van der Waals surface area contributed by atoms with Gasteiger partial charge in [-0.3, -0.25) is 9.88 Å². The van der Waals surface area contributed by atoms with Crippen LogP contribution in [0.1, 0.15) is 5.56 Å². The molecule has 1 fully saturated rings. The molecule has 1 aromatic heterocycles. The number of alkyl halides is 1. The van der Waals surface area contributed by atoms with Crippen molar-refractivity contribution in [3.05, 3.63) is 30.1 Å². The number of piperazine rings is 1. The fourth-order valence-electron chi connectivity index (χ4n) is 2.21. The number of rotatable bonds is 5. The van der Waals surface area contributed by atoms with Crippen LogP contribution in [0.3, 0.4) is 0 Å². The summed E-state index contributed by atoms with van der Waals surface area (Å²) < 4.78 is 16.7. The van der Waals surface area contributed by atoms with Gasteiger partial charge in [-0.1, -0.05) is 0 Å². The predicted molar refractivity (Wildman–Crippen MR) is 73.3 cm³/mol. The Balaban J connectivity index is 1.68. The lowest BCUT2D eigenvalue weighted by Crippen LogP contribution is -2.49. The van der Waals surface area contributed by atoms with Gasteiger partial charge in [0.15, 0.2) is 0 Å². The van der Waals surface area contributed by atoms with Gasteiger partial charge in [0.1, 0.15) is 13.3 Å². The van der Waals surface area contributed by atoms with Gasteiger partial charge in [0, 0.05) is 45.1 Å². The van der Waals surface area contributed by atoms with E-state index < -0.39 is 12.8 Å². The number of hydrogen-bond donors (Lipinski definition) is 0. The van der Waals surface area contributed by atoms with E-state index in [0.29, 0.717) is 13.1 Å². The molecule has 0 radical (unpaired) electrons. The van der Waals surface area contributed by atoms with Crippen LogP contribution < -0.4 is 0 Å². The summed E-state index contributed by atoms with van der Waals surface area (Å²) in [5.41, 5.74) is 1.27. The van der Waals surface area contributed by atoms with Crippen molar-refractivity contribution in [3.63, 3.8) is 0 Å². The molecule has 0 bridgehead atoms. The van der Waals surface area contributed by atoms with Gasteiger partial charge in [-0.25, -0.2) is 9.18 Å². The van der Waals surface area contributed by atoms with Crippen molar-refractivity contribution in [1.29, 1.82) is 0 Å². The van der Waals surface area contributed by atoms with E-state index in [9.17, 15) is 9.18 Å². The van der Waals surface area contributed by atoms with E-state index in [4.69, 9.17) is 4.74 Å². The van der Waals surface area contributed by atoms with Crippen LogP contribution in [0.15, 0.2) is 24.5 Å². The molecule has 0 atom stereocenters. The first kappa shape index (κ1) is 14.7. The summed E-state index contributed by atoms with van der Waals surface area (Å²) in [4.78, 5) is 19.5. The van der Waals surface area contributed by atoms with Gasteiger partial charge < -0.3 is 9.64 Å². The van der Waals surface area contributed by atoms with Crippen LogP contribution >= 0.6 is 0 Å². The number of pyridine rings is 1. The third kappa shape index (κ3) is 4.45. The summed E-state index contributed by atoms with van der Waals surface area (Å²) in [7, 11) is 0. The van der Waals surface area contributed by atoms with Crippen LogP contribution in [0.4, 0.5) is 9.18 Å². The molecule has 5 nitrogen and oxygen atoms in total.